The molecule has 1 amide bonds. The Morgan fingerprint density at radius 2 is 2.14 bits per heavy atom. The number of hydrogen-bond donors (Lipinski definition) is 2. The zero-order valence-corrected chi connectivity index (χ0v) is 15.0. The van der Waals surface area contributed by atoms with Crippen LogP contribution in [-0.2, 0) is 4.79 Å². The van der Waals surface area contributed by atoms with Crippen molar-refractivity contribution in [1.82, 2.24) is 15.1 Å². The highest BCUT2D eigenvalue weighted by Gasteiger charge is 2.11. The molecule has 22 heavy (non-hydrogen) atoms. The molecular weight excluding hydrogens is 368 g/mol. The van der Waals surface area contributed by atoms with Crippen molar-refractivity contribution in [2.45, 2.75) is 19.8 Å². The van der Waals surface area contributed by atoms with Crippen LogP contribution in [0.3, 0.4) is 0 Å². The monoisotopic (exact) mass is 386 g/mol. The average Bonchev–Trinajstić information content (AvgIpc) is 2.80. The highest BCUT2D eigenvalue weighted by atomic mass is 79.9. The van der Waals surface area contributed by atoms with Crippen LogP contribution in [0.15, 0.2) is 34.8 Å². The number of hydrogen-bond acceptors (Lipinski definition) is 3. The molecule has 1 heterocycles. The van der Waals surface area contributed by atoms with Crippen molar-refractivity contribution in [2.75, 3.05) is 18.9 Å². The lowest BCUT2D eigenvalue weighted by Gasteiger charge is -2.09. The molecule has 0 aliphatic carbocycles. The normalized spacial score (nSPS) is 10.1. The molecule has 0 aliphatic heterocycles. The number of amides is 1. The van der Waals surface area contributed by atoms with Crippen molar-refractivity contribution in [3.05, 3.63) is 40.5 Å². The first-order valence-corrected chi connectivity index (χ1v) is 7.66. The van der Waals surface area contributed by atoms with E-state index in [4.69, 9.17) is 0 Å². The molecule has 5 nitrogen and oxygen atoms in total. The number of aryl methyl sites for hydroxylation is 1. The van der Waals surface area contributed by atoms with Crippen LogP contribution >= 0.6 is 28.3 Å². The highest BCUT2D eigenvalue weighted by molar-refractivity contribution is 9.10. The van der Waals surface area contributed by atoms with E-state index in [1.54, 1.807) is 4.68 Å². The number of benzene rings is 1. The van der Waals surface area contributed by atoms with Gasteiger partial charge in [0.25, 0.3) is 0 Å². The van der Waals surface area contributed by atoms with Gasteiger partial charge < -0.3 is 10.6 Å². The molecule has 2 aromatic rings. The summed E-state index contributed by atoms with van der Waals surface area (Å²) in [5.41, 5.74) is 1.77. The van der Waals surface area contributed by atoms with E-state index in [9.17, 15) is 4.79 Å². The smallest absolute Gasteiger partial charge is 0.225 e. The predicted molar refractivity (Wildman–Crippen MR) is 95.0 cm³/mol. The third-order valence-corrected chi connectivity index (χ3v) is 3.48. The van der Waals surface area contributed by atoms with Crippen molar-refractivity contribution in [1.29, 1.82) is 0 Å². The highest BCUT2D eigenvalue weighted by Crippen LogP contribution is 2.20. The molecule has 0 unspecified atom stereocenters. The third kappa shape index (κ3) is 5.12. The summed E-state index contributed by atoms with van der Waals surface area (Å²) in [5.74, 6) is 0.696. The second-order valence-corrected chi connectivity index (χ2v) is 5.73. The summed E-state index contributed by atoms with van der Waals surface area (Å²) in [6.45, 7) is 2.74. The number of nitrogens with one attached hydrogen (secondary N) is 2. The van der Waals surface area contributed by atoms with Gasteiger partial charge in [0.05, 0.1) is 11.4 Å². The first kappa shape index (κ1) is 18.7. The van der Waals surface area contributed by atoms with Crippen molar-refractivity contribution in [2.24, 2.45) is 0 Å². The van der Waals surface area contributed by atoms with Gasteiger partial charge in [-0.2, -0.15) is 5.10 Å². The van der Waals surface area contributed by atoms with Gasteiger partial charge >= 0.3 is 0 Å². The van der Waals surface area contributed by atoms with E-state index in [-0.39, 0.29) is 18.3 Å². The maximum Gasteiger partial charge on any atom is 0.225 e. The first-order chi connectivity index (χ1) is 10.1. The number of halogens is 2. The van der Waals surface area contributed by atoms with Crippen LogP contribution in [0.4, 0.5) is 5.82 Å². The maximum absolute atomic E-state index is 12.0. The minimum Gasteiger partial charge on any atom is -0.320 e. The molecule has 0 radical (unpaired) electrons. The second-order valence-electron chi connectivity index (χ2n) is 4.82. The van der Waals surface area contributed by atoms with Gasteiger partial charge in [-0.05, 0) is 45.1 Å². The molecule has 2 N–H and O–H groups in total. The Bertz CT molecular complexity index is 630. The molecule has 0 fully saturated rings. The fourth-order valence-electron chi connectivity index (χ4n) is 2.02. The Morgan fingerprint density at radius 1 is 1.36 bits per heavy atom. The number of nitrogens with zero attached hydrogens (tertiary/aromatic N) is 2. The molecule has 0 saturated heterocycles. The molecule has 1 aromatic carbocycles. The van der Waals surface area contributed by atoms with Gasteiger partial charge in [0, 0.05) is 17.0 Å². The van der Waals surface area contributed by atoms with Crippen molar-refractivity contribution in [3.63, 3.8) is 0 Å². The third-order valence-electron chi connectivity index (χ3n) is 2.98. The van der Waals surface area contributed by atoms with Crippen molar-refractivity contribution >= 4 is 40.1 Å². The van der Waals surface area contributed by atoms with E-state index in [1.165, 1.54) is 0 Å². The molecule has 7 heteroatoms. The maximum atomic E-state index is 12.0. The number of anilines is 1. The summed E-state index contributed by atoms with van der Waals surface area (Å²) >= 11 is 3.45. The van der Waals surface area contributed by atoms with Crippen LogP contribution in [0.25, 0.3) is 5.69 Å². The van der Waals surface area contributed by atoms with E-state index in [2.05, 4.69) is 31.7 Å². The topological polar surface area (TPSA) is 59.0 Å². The fourth-order valence-corrected chi connectivity index (χ4v) is 2.41. The Morgan fingerprint density at radius 3 is 2.82 bits per heavy atom. The lowest BCUT2D eigenvalue weighted by atomic mass is 10.3. The van der Waals surface area contributed by atoms with Crippen LogP contribution in [0.1, 0.15) is 18.5 Å². The number of aromatic nitrogens is 2. The Labute approximate surface area is 145 Å². The number of rotatable bonds is 6. The first-order valence-electron chi connectivity index (χ1n) is 6.87. The van der Waals surface area contributed by atoms with E-state index in [0.29, 0.717) is 12.2 Å². The summed E-state index contributed by atoms with van der Waals surface area (Å²) in [4.78, 5) is 12.0. The van der Waals surface area contributed by atoms with Crippen LogP contribution in [0.5, 0.6) is 0 Å². The Hall–Kier alpha value is -1.37. The second kappa shape index (κ2) is 8.92. The molecule has 0 saturated carbocycles. The van der Waals surface area contributed by atoms with E-state index < -0.39 is 0 Å². The standard InChI is InChI=1S/C15H19BrN4O.ClH/c1-11-9-14(18-15(21)7-4-8-17-2)20(19-11)13-6-3-5-12(16)10-13;/h3,5-6,9-10,17H,4,7-8H2,1-2H3,(H,18,21);1H. The van der Waals surface area contributed by atoms with Gasteiger partial charge in [-0.3, -0.25) is 4.79 Å². The zero-order chi connectivity index (χ0) is 15.2. The van der Waals surface area contributed by atoms with Crippen LogP contribution in [-0.4, -0.2) is 29.3 Å². The Kier molecular flexibility index (Phi) is 7.58. The summed E-state index contributed by atoms with van der Waals surface area (Å²) in [5, 5.41) is 10.4. The SMILES string of the molecule is CNCCCC(=O)Nc1cc(C)nn1-c1cccc(Br)c1.Cl. The molecule has 0 aliphatic rings. The Balaban J connectivity index is 0.00000242. The fraction of sp³-hybridized carbons (Fsp3) is 0.333. The van der Waals surface area contributed by atoms with Crippen LogP contribution < -0.4 is 10.6 Å². The zero-order valence-electron chi connectivity index (χ0n) is 12.6. The summed E-state index contributed by atoms with van der Waals surface area (Å²) in [7, 11) is 1.88. The molecular formula is C15H20BrClN4O. The molecule has 0 atom stereocenters. The summed E-state index contributed by atoms with van der Waals surface area (Å²) in [6, 6.07) is 9.68. The predicted octanol–water partition coefficient (Wildman–Crippen LogP) is 3.30. The van der Waals surface area contributed by atoms with Crippen molar-refractivity contribution < 1.29 is 4.79 Å². The van der Waals surface area contributed by atoms with Gasteiger partial charge in [0.2, 0.25) is 5.91 Å². The number of carbonyl (C=O) groups excluding carboxylic acids is 1. The quantitative estimate of drug-likeness (QED) is 0.748. The molecule has 2 rings (SSSR count). The van der Waals surface area contributed by atoms with Gasteiger partial charge in [0.15, 0.2) is 0 Å². The summed E-state index contributed by atoms with van der Waals surface area (Å²) < 4.78 is 2.72. The van der Waals surface area contributed by atoms with Crippen LogP contribution in [0, 0.1) is 6.92 Å². The van der Waals surface area contributed by atoms with E-state index in [1.807, 2.05) is 44.3 Å². The van der Waals surface area contributed by atoms with Gasteiger partial charge in [-0.25, -0.2) is 4.68 Å². The molecule has 0 spiro atoms. The van der Waals surface area contributed by atoms with Gasteiger partial charge in [-0.15, -0.1) is 12.4 Å². The largest absolute Gasteiger partial charge is 0.320 e. The lowest BCUT2D eigenvalue weighted by Crippen LogP contribution is -2.17. The average molecular weight is 388 g/mol. The number of carbonyl (C=O) groups is 1. The minimum absolute atomic E-state index is 0. The van der Waals surface area contributed by atoms with Crippen molar-refractivity contribution in [3.8, 4) is 5.69 Å². The molecule has 120 valence electrons. The van der Waals surface area contributed by atoms with E-state index in [0.717, 1.165) is 28.8 Å². The van der Waals surface area contributed by atoms with Gasteiger partial charge in [-0.1, -0.05) is 22.0 Å². The molecule has 0 bridgehead atoms. The minimum atomic E-state index is 0. The summed E-state index contributed by atoms with van der Waals surface area (Å²) in [6.07, 6.45) is 1.30. The van der Waals surface area contributed by atoms with E-state index >= 15 is 0 Å². The van der Waals surface area contributed by atoms with Crippen LogP contribution in [0.2, 0.25) is 0 Å². The van der Waals surface area contributed by atoms with Gasteiger partial charge in [0.1, 0.15) is 5.82 Å². The lowest BCUT2D eigenvalue weighted by molar-refractivity contribution is -0.116. The molecule has 1 aromatic heterocycles.